The summed E-state index contributed by atoms with van der Waals surface area (Å²) in [4.78, 5) is 23.4. The molecule has 0 aliphatic rings. The van der Waals surface area contributed by atoms with Crippen LogP contribution in [0.25, 0.3) is 11.1 Å². The molecular formula is C20H15F3O2S2. The summed E-state index contributed by atoms with van der Waals surface area (Å²) in [6, 6.07) is 5.58. The van der Waals surface area contributed by atoms with Crippen molar-refractivity contribution in [3.05, 3.63) is 72.1 Å². The molecule has 0 spiro atoms. The van der Waals surface area contributed by atoms with Gasteiger partial charge in [0.2, 0.25) is 10.2 Å². The van der Waals surface area contributed by atoms with Crippen molar-refractivity contribution >= 4 is 33.8 Å². The van der Waals surface area contributed by atoms with E-state index in [1.807, 2.05) is 0 Å². The Hall–Kier alpha value is -2.25. The zero-order chi connectivity index (χ0) is 20.3. The Kier molecular flexibility index (Phi) is 6.73. The number of benzene rings is 2. The first-order valence-electron chi connectivity index (χ1n) is 7.64. The number of rotatable bonds is 5. The molecule has 0 amide bonds. The van der Waals surface area contributed by atoms with Crippen molar-refractivity contribution in [3.63, 3.8) is 0 Å². The van der Waals surface area contributed by atoms with Crippen molar-refractivity contribution < 1.29 is 22.8 Å². The van der Waals surface area contributed by atoms with Gasteiger partial charge in [-0.05, 0) is 78.3 Å². The largest absolute Gasteiger partial charge is 0.282 e. The van der Waals surface area contributed by atoms with Crippen LogP contribution in [0.3, 0.4) is 0 Å². The molecule has 2 rings (SSSR count). The lowest BCUT2D eigenvalue weighted by molar-refractivity contribution is -0.108. The lowest BCUT2D eigenvalue weighted by Crippen LogP contribution is -1.97. The highest BCUT2D eigenvalue weighted by Crippen LogP contribution is 2.34. The van der Waals surface area contributed by atoms with Gasteiger partial charge >= 0.3 is 0 Å². The third kappa shape index (κ3) is 5.14. The minimum atomic E-state index is -0.926. The molecule has 0 aliphatic carbocycles. The molecule has 0 saturated heterocycles. The Labute approximate surface area is 163 Å². The van der Waals surface area contributed by atoms with Gasteiger partial charge in [0, 0.05) is 4.90 Å². The average Bonchev–Trinajstić information content (AvgIpc) is 2.56. The van der Waals surface area contributed by atoms with Crippen LogP contribution in [0, 0.1) is 17.5 Å². The monoisotopic (exact) mass is 408 g/mol. The minimum Gasteiger partial charge on any atom is -0.282 e. The second kappa shape index (κ2) is 8.63. The van der Waals surface area contributed by atoms with E-state index in [0.29, 0.717) is 23.5 Å². The highest BCUT2D eigenvalue weighted by molar-refractivity contribution is 8.14. The zero-order valence-electron chi connectivity index (χ0n) is 14.6. The molecule has 2 aromatic rings. The molecule has 0 atom stereocenters. The second-order valence-electron chi connectivity index (χ2n) is 5.75. The Morgan fingerprint density at radius 3 is 1.81 bits per heavy atom. The van der Waals surface area contributed by atoms with Crippen LogP contribution in [0.1, 0.15) is 13.8 Å². The smallest absolute Gasteiger partial charge is 0.219 e. The summed E-state index contributed by atoms with van der Waals surface area (Å²) in [5.74, 6) is -2.63. The Balaban J connectivity index is 2.37. The first-order chi connectivity index (χ1) is 12.6. The van der Waals surface area contributed by atoms with Gasteiger partial charge in [0.25, 0.3) is 0 Å². The van der Waals surface area contributed by atoms with Crippen LogP contribution in [0.15, 0.2) is 64.4 Å². The van der Waals surface area contributed by atoms with Gasteiger partial charge in [-0.1, -0.05) is 19.2 Å². The summed E-state index contributed by atoms with van der Waals surface area (Å²) in [5.41, 5.74) is 0.0866. The predicted molar refractivity (Wildman–Crippen MR) is 103 cm³/mol. The quantitative estimate of drug-likeness (QED) is 0.438. The molecule has 0 fully saturated rings. The third-order valence-electron chi connectivity index (χ3n) is 3.35. The van der Waals surface area contributed by atoms with Gasteiger partial charge in [0.15, 0.2) is 0 Å². The normalized spacial score (nSPS) is 10.6. The Bertz CT molecular complexity index is 945. The topological polar surface area (TPSA) is 34.1 Å². The van der Waals surface area contributed by atoms with E-state index >= 15 is 0 Å². The van der Waals surface area contributed by atoms with Crippen LogP contribution in [0.4, 0.5) is 13.2 Å². The van der Waals surface area contributed by atoms with Crippen LogP contribution in [0.5, 0.6) is 0 Å². The van der Waals surface area contributed by atoms with E-state index in [1.54, 1.807) is 0 Å². The van der Waals surface area contributed by atoms with Crippen molar-refractivity contribution in [2.75, 3.05) is 0 Å². The van der Waals surface area contributed by atoms with Crippen LogP contribution in [-0.4, -0.2) is 10.2 Å². The van der Waals surface area contributed by atoms with E-state index in [1.165, 1.54) is 26.0 Å². The summed E-state index contributed by atoms with van der Waals surface area (Å²) in [6.07, 6.45) is 0. The number of hydrogen-bond acceptors (Lipinski definition) is 4. The summed E-state index contributed by atoms with van der Waals surface area (Å²) >= 11 is 1.31. The summed E-state index contributed by atoms with van der Waals surface area (Å²) in [6.45, 7) is 9.97. The molecule has 0 unspecified atom stereocenters. The third-order valence-corrected chi connectivity index (χ3v) is 5.44. The van der Waals surface area contributed by atoms with E-state index in [4.69, 9.17) is 0 Å². The molecule has 0 bridgehead atoms. The van der Waals surface area contributed by atoms with Gasteiger partial charge in [-0.15, -0.1) is 0 Å². The van der Waals surface area contributed by atoms with Gasteiger partial charge < -0.3 is 0 Å². The molecule has 0 heterocycles. The molecule has 0 aromatic heterocycles. The number of hydrogen-bond donors (Lipinski definition) is 0. The lowest BCUT2D eigenvalue weighted by Gasteiger charge is -2.10. The van der Waals surface area contributed by atoms with Crippen LogP contribution < -0.4 is 0 Å². The van der Waals surface area contributed by atoms with Crippen LogP contribution >= 0.6 is 23.5 Å². The fourth-order valence-corrected chi connectivity index (χ4v) is 3.38. The standard InChI is InChI=1S/C20H15F3O2S2/c1-10(2)19(24)26-13-8-15(22)18(16(23)9-13)12-5-6-17(14(21)7-12)27-20(25)11(3)4/h5-9H,1,3H2,2,4H3. The van der Waals surface area contributed by atoms with Crippen LogP contribution in [-0.2, 0) is 9.59 Å². The predicted octanol–water partition coefficient (Wildman–Crippen LogP) is 6.16. The molecule has 2 nitrogen and oxygen atoms in total. The Morgan fingerprint density at radius 2 is 1.33 bits per heavy atom. The number of thioether (sulfide) groups is 2. The maximum absolute atomic E-state index is 14.4. The molecule has 140 valence electrons. The lowest BCUT2D eigenvalue weighted by atomic mass is 10.0. The summed E-state index contributed by atoms with van der Waals surface area (Å²) in [5, 5.41) is -0.807. The van der Waals surface area contributed by atoms with E-state index in [2.05, 4.69) is 13.2 Å². The number of halogens is 3. The van der Waals surface area contributed by atoms with Gasteiger partial charge in [0.1, 0.15) is 17.5 Å². The molecular weight excluding hydrogens is 393 g/mol. The van der Waals surface area contributed by atoms with Crippen molar-refractivity contribution in [2.24, 2.45) is 0 Å². The van der Waals surface area contributed by atoms with Gasteiger partial charge in [-0.2, -0.15) is 0 Å². The van der Waals surface area contributed by atoms with E-state index in [0.717, 1.165) is 18.2 Å². The fourth-order valence-electron chi connectivity index (χ4n) is 2.00. The summed E-state index contributed by atoms with van der Waals surface area (Å²) in [7, 11) is 0. The maximum atomic E-state index is 14.4. The number of carbonyl (C=O) groups is 2. The van der Waals surface area contributed by atoms with Crippen molar-refractivity contribution in [3.8, 4) is 11.1 Å². The van der Waals surface area contributed by atoms with Crippen molar-refractivity contribution in [1.82, 2.24) is 0 Å². The highest BCUT2D eigenvalue weighted by atomic mass is 32.2. The first-order valence-corrected chi connectivity index (χ1v) is 9.27. The highest BCUT2D eigenvalue weighted by Gasteiger charge is 2.18. The van der Waals surface area contributed by atoms with E-state index in [-0.39, 0.29) is 26.5 Å². The summed E-state index contributed by atoms with van der Waals surface area (Å²) < 4.78 is 43.1. The minimum absolute atomic E-state index is 0.0163. The van der Waals surface area contributed by atoms with Crippen molar-refractivity contribution in [1.29, 1.82) is 0 Å². The molecule has 0 saturated carbocycles. The average molecular weight is 408 g/mol. The van der Waals surface area contributed by atoms with Gasteiger partial charge in [0.05, 0.1) is 10.5 Å². The maximum Gasteiger partial charge on any atom is 0.219 e. The van der Waals surface area contributed by atoms with Gasteiger partial charge in [-0.25, -0.2) is 13.2 Å². The number of carbonyl (C=O) groups excluding carboxylic acids is 2. The molecule has 0 radical (unpaired) electrons. The first kappa shape index (κ1) is 21.1. The zero-order valence-corrected chi connectivity index (χ0v) is 16.2. The molecule has 0 N–H and O–H groups in total. The Morgan fingerprint density at radius 1 is 0.815 bits per heavy atom. The SMILES string of the molecule is C=C(C)C(=O)Sc1cc(F)c(-c2ccc(SC(=O)C(=C)C)c(F)c2)c(F)c1. The van der Waals surface area contributed by atoms with Crippen LogP contribution in [0.2, 0.25) is 0 Å². The molecule has 2 aromatic carbocycles. The second-order valence-corrected chi connectivity index (χ2v) is 7.81. The van der Waals surface area contributed by atoms with E-state index < -0.39 is 33.2 Å². The van der Waals surface area contributed by atoms with Gasteiger partial charge in [-0.3, -0.25) is 9.59 Å². The van der Waals surface area contributed by atoms with E-state index in [9.17, 15) is 22.8 Å². The van der Waals surface area contributed by atoms with Crippen molar-refractivity contribution in [2.45, 2.75) is 23.6 Å². The molecule has 7 heteroatoms. The molecule has 0 aliphatic heterocycles. The molecule has 27 heavy (non-hydrogen) atoms. The fraction of sp³-hybridized carbons (Fsp3) is 0.100.